The first kappa shape index (κ1) is 14.7. The average molecular weight is 270 g/mol. The SMILES string of the molecule is CCNC1CCCN(CC2(SC)CCCCC2)C1. The van der Waals surface area contributed by atoms with Gasteiger partial charge >= 0.3 is 0 Å². The van der Waals surface area contributed by atoms with Gasteiger partial charge in [0.15, 0.2) is 0 Å². The highest BCUT2D eigenvalue weighted by Gasteiger charge is 2.34. The van der Waals surface area contributed by atoms with Gasteiger partial charge in [-0.25, -0.2) is 0 Å². The van der Waals surface area contributed by atoms with Gasteiger partial charge in [0.25, 0.3) is 0 Å². The van der Waals surface area contributed by atoms with Gasteiger partial charge in [0.05, 0.1) is 0 Å². The van der Waals surface area contributed by atoms with Crippen molar-refractivity contribution in [3.63, 3.8) is 0 Å². The Morgan fingerprint density at radius 1 is 1.22 bits per heavy atom. The normalized spacial score (nSPS) is 29.3. The highest BCUT2D eigenvalue weighted by Crippen LogP contribution is 2.39. The highest BCUT2D eigenvalue weighted by molar-refractivity contribution is 8.00. The molecule has 1 aliphatic carbocycles. The van der Waals surface area contributed by atoms with Crippen LogP contribution < -0.4 is 5.32 Å². The Hall–Kier alpha value is 0.270. The summed E-state index contributed by atoms with van der Waals surface area (Å²) >= 11 is 2.14. The van der Waals surface area contributed by atoms with Crippen molar-refractivity contribution in [1.82, 2.24) is 10.2 Å². The van der Waals surface area contributed by atoms with Gasteiger partial charge in [0.1, 0.15) is 0 Å². The van der Waals surface area contributed by atoms with Crippen molar-refractivity contribution in [3.05, 3.63) is 0 Å². The Morgan fingerprint density at radius 2 is 2.00 bits per heavy atom. The number of hydrogen-bond donors (Lipinski definition) is 1. The Bertz CT molecular complexity index is 237. The van der Waals surface area contributed by atoms with Crippen molar-refractivity contribution in [2.75, 3.05) is 32.4 Å². The molecule has 1 N–H and O–H groups in total. The van der Waals surface area contributed by atoms with E-state index in [4.69, 9.17) is 0 Å². The molecular formula is C15H30N2S. The first-order valence-electron chi connectivity index (χ1n) is 7.79. The molecule has 0 spiro atoms. The minimum Gasteiger partial charge on any atom is -0.313 e. The molecule has 1 saturated carbocycles. The molecule has 1 heterocycles. The fraction of sp³-hybridized carbons (Fsp3) is 1.00. The Morgan fingerprint density at radius 3 is 2.67 bits per heavy atom. The molecular weight excluding hydrogens is 240 g/mol. The fourth-order valence-electron chi connectivity index (χ4n) is 3.68. The summed E-state index contributed by atoms with van der Waals surface area (Å²) in [6.45, 7) is 7.27. The molecule has 1 aliphatic heterocycles. The van der Waals surface area contributed by atoms with Gasteiger partial charge in [-0.1, -0.05) is 26.2 Å². The van der Waals surface area contributed by atoms with Crippen LogP contribution in [-0.4, -0.2) is 48.1 Å². The lowest BCUT2D eigenvalue weighted by molar-refractivity contribution is 0.163. The molecule has 1 saturated heterocycles. The minimum atomic E-state index is 0.576. The van der Waals surface area contributed by atoms with Crippen molar-refractivity contribution in [3.8, 4) is 0 Å². The molecule has 0 bridgehead atoms. The molecule has 0 amide bonds. The molecule has 2 aliphatic rings. The zero-order valence-electron chi connectivity index (χ0n) is 12.2. The predicted octanol–water partition coefficient (Wildman–Crippen LogP) is 3.13. The molecule has 1 unspecified atom stereocenters. The van der Waals surface area contributed by atoms with Crippen LogP contribution >= 0.6 is 11.8 Å². The number of thioether (sulfide) groups is 1. The van der Waals surface area contributed by atoms with Gasteiger partial charge in [-0.15, -0.1) is 0 Å². The van der Waals surface area contributed by atoms with E-state index in [1.807, 2.05) is 0 Å². The third kappa shape index (κ3) is 3.88. The van der Waals surface area contributed by atoms with Crippen molar-refractivity contribution < 1.29 is 0 Å². The van der Waals surface area contributed by atoms with Crippen LogP contribution in [0, 0.1) is 0 Å². The summed E-state index contributed by atoms with van der Waals surface area (Å²) < 4.78 is 0.576. The van der Waals surface area contributed by atoms with Gasteiger partial charge in [-0.2, -0.15) is 11.8 Å². The van der Waals surface area contributed by atoms with E-state index in [1.165, 1.54) is 64.6 Å². The van der Waals surface area contributed by atoms with Crippen LogP contribution in [-0.2, 0) is 0 Å². The number of likely N-dealkylation sites (N-methyl/N-ethyl adjacent to an activating group) is 1. The largest absolute Gasteiger partial charge is 0.313 e. The Balaban J connectivity index is 1.86. The molecule has 0 aromatic rings. The van der Waals surface area contributed by atoms with Gasteiger partial charge in [0.2, 0.25) is 0 Å². The quantitative estimate of drug-likeness (QED) is 0.826. The van der Waals surface area contributed by atoms with Gasteiger partial charge < -0.3 is 10.2 Å². The molecule has 2 nitrogen and oxygen atoms in total. The first-order valence-corrected chi connectivity index (χ1v) is 9.01. The summed E-state index contributed by atoms with van der Waals surface area (Å²) in [5.41, 5.74) is 0. The van der Waals surface area contributed by atoms with E-state index in [-0.39, 0.29) is 0 Å². The third-order valence-electron chi connectivity index (χ3n) is 4.71. The van der Waals surface area contributed by atoms with E-state index in [2.05, 4.69) is 35.2 Å². The summed E-state index contributed by atoms with van der Waals surface area (Å²) in [5.74, 6) is 0. The summed E-state index contributed by atoms with van der Waals surface area (Å²) in [4.78, 5) is 2.73. The fourth-order valence-corrected chi connectivity index (χ4v) is 4.69. The molecule has 18 heavy (non-hydrogen) atoms. The van der Waals surface area contributed by atoms with Crippen molar-refractivity contribution in [2.45, 2.75) is 62.7 Å². The zero-order valence-corrected chi connectivity index (χ0v) is 13.0. The number of nitrogens with one attached hydrogen (secondary N) is 1. The second-order valence-corrected chi connectivity index (χ2v) is 7.35. The van der Waals surface area contributed by atoms with E-state index >= 15 is 0 Å². The zero-order chi connectivity index (χ0) is 12.8. The van der Waals surface area contributed by atoms with Crippen molar-refractivity contribution >= 4 is 11.8 Å². The number of nitrogens with zero attached hydrogens (tertiary/aromatic N) is 1. The van der Waals surface area contributed by atoms with E-state index in [0.29, 0.717) is 4.75 Å². The van der Waals surface area contributed by atoms with Crippen molar-refractivity contribution in [2.24, 2.45) is 0 Å². The van der Waals surface area contributed by atoms with E-state index < -0.39 is 0 Å². The number of hydrogen-bond acceptors (Lipinski definition) is 3. The summed E-state index contributed by atoms with van der Waals surface area (Å²) in [5, 5.41) is 3.63. The molecule has 0 aromatic heterocycles. The van der Waals surface area contributed by atoms with Crippen LogP contribution in [0.3, 0.4) is 0 Å². The lowest BCUT2D eigenvalue weighted by Crippen LogP contribution is -2.50. The van der Waals surface area contributed by atoms with E-state index in [0.717, 1.165) is 12.6 Å². The number of likely N-dealkylation sites (tertiary alicyclic amines) is 1. The number of rotatable bonds is 5. The second kappa shape index (κ2) is 7.16. The molecule has 2 rings (SSSR count). The molecule has 0 radical (unpaired) electrons. The lowest BCUT2D eigenvalue weighted by Gasteiger charge is -2.42. The van der Waals surface area contributed by atoms with Gasteiger partial charge in [0, 0.05) is 23.9 Å². The molecule has 106 valence electrons. The molecule has 2 fully saturated rings. The van der Waals surface area contributed by atoms with Crippen LogP contribution in [0.15, 0.2) is 0 Å². The first-order chi connectivity index (χ1) is 8.78. The van der Waals surface area contributed by atoms with Crippen LogP contribution in [0.25, 0.3) is 0 Å². The summed E-state index contributed by atoms with van der Waals surface area (Å²) in [7, 11) is 0. The highest BCUT2D eigenvalue weighted by atomic mass is 32.2. The Kier molecular flexibility index (Phi) is 5.84. The minimum absolute atomic E-state index is 0.576. The van der Waals surface area contributed by atoms with E-state index in [1.54, 1.807) is 0 Å². The van der Waals surface area contributed by atoms with Crippen LogP contribution in [0.1, 0.15) is 51.9 Å². The second-order valence-electron chi connectivity index (χ2n) is 6.08. The number of piperidine rings is 1. The maximum atomic E-state index is 3.63. The van der Waals surface area contributed by atoms with Crippen LogP contribution in [0.2, 0.25) is 0 Å². The van der Waals surface area contributed by atoms with Gasteiger partial charge in [-0.3, -0.25) is 0 Å². The average Bonchev–Trinajstić information content (AvgIpc) is 2.41. The standard InChI is InChI=1S/C15H30N2S/c1-3-16-14-8-7-11-17(12-14)13-15(18-2)9-5-4-6-10-15/h14,16H,3-13H2,1-2H3. The molecule has 1 atom stereocenters. The summed E-state index contributed by atoms with van der Waals surface area (Å²) in [6, 6.07) is 0.742. The molecule has 3 heteroatoms. The third-order valence-corrected chi connectivity index (χ3v) is 6.11. The van der Waals surface area contributed by atoms with Crippen LogP contribution in [0.5, 0.6) is 0 Å². The monoisotopic (exact) mass is 270 g/mol. The smallest absolute Gasteiger partial charge is 0.0284 e. The van der Waals surface area contributed by atoms with Gasteiger partial charge in [-0.05, 0) is 45.0 Å². The summed E-state index contributed by atoms with van der Waals surface area (Å²) in [6.07, 6.45) is 12.3. The van der Waals surface area contributed by atoms with Crippen LogP contribution in [0.4, 0.5) is 0 Å². The predicted molar refractivity (Wildman–Crippen MR) is 82.5 cm³/mol. The maximum Gasteiger partial charge on any atom is 0.0284 e. The topological polar surface area (TPSA) is 15.3 Å². The van der Waals surface area contributed by atoms with Crippen molar-refractivity contribution in [1.29, 1.82) is 0 Å². The maximum absolute atomic E-state index is 3.63. The molecule has 0 aromatic carbocycles. The lowest BCUT2D eigenvalue weighted by atomic mass is 9.87. The Labute approximate surface area is 117 Å². The van der Waals surface area contributed by atoms with E-state index in [9.17, 15) is 0 Å².